The predicted octanol–water partition coefficient (Wildman–Crippen LogP) is 1.71. The Balaban J connectivity index is 1.33. The Bertz CT molecular complexity index is 919. The molecule has 3 heterocycles. The fraction of sp³-hybridized carbons (Fsp3) is 0.333. The number of rotatable bonds is 5. The summed E-state index contributed by atoms with van der Waals surface area (Å²) in [5.74, 6) is 1.05. The van der Waals surface area contributed by atoms with Crippen LogP contribution < -0.4 is 9.62 Å². The molecule has 4 rings (SSSR count). The summed E-state index contributed by atoms with van der Waals surface area (Å²) in [5, 5.41) is 12.3. The summed E-state index contributed by atoms with van der Waals surface area (Å²) in [5.41, 5.74) is 2.81. The molecule has 0 aliphatic carbocycles. The third-order valence-corrected chi connectivity index (χ3v) is 5.07. The highest BCUT2D eigenvalue weighted by Gasteiger charge is 2.22. The molecule has 1 aliphatic rings. The van der Waals surface area contributed by atoms with E-state index >= 15 is 0 Å². The van der Waals surface area contributed by atoms with E-state index in [0.29, 0.717) is 19.5 Å². The third kappa shape index (κ3) is 3.97. The van der Waals surface area contributed by atoms with Crippen LogP contribution in [0.5, 0.6) is 0 Å². The molecule has 0 saturated carbocycles. The molecule has 0 unspecified atom stereocenters. The summed E-state index contributed by atoms with van der Waals surface area (Å²) in [6.07, 6.45) is 4.01. The van der Waals surface area contributed by atoms with E-state index in [4.69, 9.17) is 0 Å². The first-order chi connectivity index (χ1) is 13.2. The van der Waals surface area contributed by atoms with Gasteiger partial charge in [0.1, 0.15) is 12.1 Å². The zero-order chi connectivity index (χ0) is 18.6. The Morgan fingerprint density at radius 2 is 1.89 bits per heavy atom. The van der Waals surface area contributed by atoms with Gasteiger partial charge in [0.15, 0.2) is 5.65 Å². The lowest BCUT2D eigenvalue weighted by Gasteiger charge is -2.35. The largest absolute Gasteiger partial charge is 0.352 e. The van der Waals surface area contributed by atoms with E-state index in [1.54, 1.807) is 22.8 Å². The van der Waals surface area contributed by atoms with Crippen molar-refractivity contribution in [3.63, 3.8) is 0 Å². The number of carbonyl (C=O) groups is 1. The number of aromatic nitrogens is 4. The minimum atomic E-state index is 0.169. The molecule has 1 saturated heterocycles. The topological polar surface area (TPSA) is 78.7 Å². The molecule has 8 nitrogen and oxygen atoms in total. The van der Waals surface area contributed by atoms with Gasteiger partial charge in [0.05, 0.1) is 6.42 Å². The molecule has 2 aromatic heterocycles. The minimum absolute atomic E-state index is 0.169. The molecular formula is C18H21N7OS. The smallest absolute Gasteiger partial charge is 0.227 e. The zero-order valence-corrected chi connectivity index (χ0v) is 15.9. The molecule has 27 heavy (non-hydrogen) atoms. The molecule has 3 aromatic rings. The molecule has 140 valence electrons. The maximum absolute atomic E-state index is 12.6. The summed E-state index contributed by atoms with van der Waals surface area (Å²) >= 11 is 1.55. The first-order valence-electron chi connectivity index (χ1n) is 8.80. The van der Waals surface area contributed by atoms with E-state index in [1.165, 1.54) is 0 Å². The second kappa shape index (κ2) is 7.83. The first kappa shape index (κ1) is 17.6. The van der Waals surface area contributed by atoms with Gasteiger partial charge in [-0.1, -0.05) is 24.1 Å². The molecule has 1 fully saturated rings. The van der Waals surface area contributed by atoms with Crippen LogP contribution in [0.25, 0.3) is 5.65 Å². The van der Waals surface area contributed by atoms with Gasteiger partial charge in [-0.3, -0.25) is 4.79 Å². The second-order valence-corrected chi connectivity index (χ2v) is 6.99. The quantitative estimate of drug-likeness (QED) is 0.672. The molecule has 0 spiro atoms. The van der Waals surface area contributed by atoms with Gasteiger partial charge in [-0.25, -0.2) is 0 Å². The Labute approximate surface area is 161 Å². The molecule has 9 heteroatoms. The fourth-order valence-corrected chi connectivity index (χ4v) is 3.54. The van der Waals surface area contributed by atoms with Crippen LogP contribution >= 0.6 is 11.9 Å². The second-order valence-electron chi connectivity index (χ2n) is 6.37. The molecule has 1 N–H and O–H groups in total. The Kier molecular flexibility index (Phi) is 5.10. The van der Waals surface area contributed by atoms with Crippen LogP contribution in [0, 0.1) is 0 Å². The van der Waals surface area contributed by atoms with Crippen molar-refractivity contribution in [1.29, 1.82) is 0 Å². The number of amides is 1. The van der Waals surface area contributed by atoms with Gasteiger partial charge >= 0.3 is 0 Å². The number of nitrogens with one attached hydrogen (secondary N) is 1. The Hall–Kier alpha value is -2.81. The van der Waals surface area contributed by atoms with Gasteiger partial charge < -0.3 is 14.5 Å². The van der Waals surface area contributed by atoms with Crippen molar-refractivity contribution in [3.05, 3.63) is 48.3 Å². The van der Waals surface area contributed by atoms with Crippen LogP contribution in [0.1, 0.15) is 5.56 Å². The number of nitrogens with zero attached hydrogens (tertiary/aromatic N) is 6. The summed E-state index contributed by atoms with van der Waals surface area (Å²) in [4.78, 5) is 16.7. The standard InChI is InChI=1S/C18H21N7OS/c1-27-22-15-4-2-14(3-5-15)12-18(26)24-10-8-23(9-11-24)17-7-6-16-20-19-13-25(16)21-17/h2-7,13,22H,8-12H2,1H3. The summed E-state index contributed by atoms with van der Waals surface area (Å²) in [6, 6.07) is 11.9. The number of anilines is 2. The summed E-state index contributed by atoms with van der Waals surface area (Å²) < 4.78 is 4.85. The van der Waals surface area contributed by atoms with Crippen LogP contribution in [0.3, 0.4) is 0 Å². The lowest BCUT2D eigenvalue weighted by Crippen LogP contribution is -2.49. The highest BCUT2D eigenvalue weighted by molar-refractivity contribution is 7.99. The molecule has 1 aliphatic heterocycles. The molecule has 1 amide bonds. The van der Waals surface area contributed by atoms with E-state index in [-0.39, 0.29) is 5.91 Å². The van der Waals surface area contributed by atoms with E-state index in [9.17, 15) is 4.79 Å². The molecule has 0 bridgehead atoms. The SMILES string of the molecule is CSNc1ccc(CC(=O)N2CCN(c3ccc4nncn4n3)CC2)cc1. The van der Waals surface area contributed by atoms with Gasteiger partial charge in [-0.15, -0.1) is 15.3 Å². The number of hydrogen-bond acceptors (Lipinski definition) is 7. The number of benzene rings is 1. The highest BCUT2D eigenvalue weighted by atomic mass is 32.2. The van der Waals surface area contributed by atoms with E-state index in [2.05, 4.69) is 24.9 Å². The van der Waals surface area contributed by atoms with E-state index in [0.717, 1.165) is 35.8 Å². The summed E-state index contributed by atoms with van der Waals surface area (Å²) in [6.45, 7) is 2.94. The monoisotopic (exact) mass is 383 g/mol. The van der Waals surface area contributed by atoms with Crippen molar-refractivity contribution in [1.82, 2.24) is 24.7 Å². The van der Waals surface area contributed by atoms with Crippen molar-refractivity contribution in [2.45, 2.75) is 6.42 Å². The normalized spacial score (nSPS) is 14.6. The Morgan fingerprint density at radius 3 is 2.63 bits per heavy atom. The van der Waals surface area contributed by atoms with Crippen molar-refractivity contribution in [2.75, 3.05) is 42.1 Å². The number of carbonyl (C=O) groups excluding carboxylic acids is 1. The van der Waals surface area contributed by atoms with Crippen molar-refractivity contribution in [2.24, 2.45) is 0 Å². The lowest BCUT2D eigenvalue weighted by atomic mass is 10.1. The van der Waals surface area contributed by atoms with Crippen molar-refractivity contribution < 1.29 is 4.79 Å². The van der Waals surface area contributed by atoms with Crippen LogP contribution in [0.2, 0.25) is 0 Å². The van der Waals surface area contributed by atoms with Crippen LogP contribution in [0.15, 0.2) is 42.7 Å². The predicted molar refractivity (Wildman–Crippen MR) is 107 cm³/mol. The minimum Gasteiger partial charge on any atom is -0.352 e. The maximum Gasteiger partial charge on any atom is 0.227 e. The summed E-state index contributed by atoms with van der Waals surface area (Å²) in [7, 11) is 0. The molecule has 0 atom stereocenters. The average molecular weight is 383 g/mol. The average Bonchev–Trinajstić information content (AvgIpc) is 3.17. The molecule has 1 aromatic carbocycles. The first-order valence-corrected chi connectivity index (χ1v) is 10.0. The zero-order valence-electron chi connectivity index (χ0n) is 15.1. The van der Waals surface area contributed by atoms with Gasteiger partial charge in [-0.05, 0) is 29.8 Å². The molecular weight excluding hydrogens is 362 g/mol. The Morgan fingerprint density at radius 1 is 1.11 bits per heavy atom. The number of fused-ring (bicyclic) bond motifs is 1. The molecule has 0 radical (unpaired) electrons. The number of piperazine rings is 1. The fourth-order valence-electron chi connectivity index (χ4n) is 3.17. The third-order valence-electron chi connectivity index (χ3n) is 4.63. The highest BCUT2D eigenvalue weighted by Crippen LogP contribution is 2.16. The van der Waals surface area contributed by atoms with Crippen LogP contribution in [-0.4, -0.2) is 63.1 Å². The van der Waals surface area contributed by atoms with Crippen molar-refractivity contribution >= 4 is 35.0 Å². The lowest BCUT2D eigenvalue weighted by molar-refractivity contribution is -0.130. The van der Waals surface area contributed by atoms with Gasteiger partial charge in [0.2, 0.25) is 5.91 Å². The van der Waals surface area contributed by atoms with Gasteiger partial charge in [0.25, 0.3) is 0 Å². The van der Waals surface area contributed by atoms with Gasteiger partial charge in [-0.2, -0.15) is 4.52 Å². The van der Waals surface area contributed by atoms with E-state index < -0.39 is 0 Å². The van der Waals surface area contributed by atoms with Crippen LogP contribution in [-0.2, 0) is 11.2 Å². The van der Waals surface area contributed by atoms with E-state index in [1.807, 2.05) is 47.6 Å². The van der Waals surface area contributed by atoms with Crippen molar-refractivity contribution in [3.8, 4) is 0 Å². The van der Waals surface area contributed by atoms with Crippen LogP contribution in [0.4, 0.5) is 11.5 Å². The van der Waals surface area contributed by atoms with Gasteiger partial charge in [0, 0.05) is 38.1 Å². The number of hydrogen-bond donors (Lipinski definition) is 1. The maximum atomic E-state index is 12.6.